The number of halogens is 2. The number of nitrogens with one attached hydrogen (secondary N) is 1. The van der Waals surface area contributed by atoms with Crippen molar-refractivity contribution in [1.29, 1.82) is 0 Å². The fourth-order valence-electron chi connectivity index (χ4n) is 3.86. The van der Waals surface area contributed by atoms with Crippen LogP contribution in [-0.2, 0) is 21.1 Å². The van der Waals surface area contributed by atoms with Gasteiger partial charge < -0.3 is 10.2 Å². The first-order chi connectivity index (χ1) is 14.8. The van der Waals surface area contributed by atoms with E-state index in [9.17, 15) is 17.6 Å². The fourth-order valence-corrected chi connectivity index (χ4v) is 6.95. The molecule has 2 atom stereocenters. The molecule has 2 heterocycles. The maximum atomic E-state index is 14.7. The molecular weight excluding hydrogens is 505 g/mol. The second kappa shape index (κ2) is 8.91. The van der Waals surface area contributed by atoms with E-state index in [1.807, 2.05) is 31.2 Å². The molecule has 1 fully saturated rings. The summed E-state index contributed by atoms with van der Waals surface area (Å²) in [6, 6.07) is 11.3. The molecule has 0 bridgehead atoms. The largest absolute Gasteiger partial charge is 0.325 e. The van der Waals surface area contributed by atoms with Crippen LogP contribution in [0.2, 0.25) is 0 Å². The highest BCUT2D eigenvalue weighted by atomic mass is 79.9. The lowest BCUT2D eigenvalue weighted by molar-refractivity contribution is -0.113. The van der Waals surface area contributed by atoms with E-state index in [-0.39, 0.29) is 28.9 Å². The van der Waals surface area contributed by atoms with Crippen LogP contribution in [0.5, 0.6) is 0 Å². The van der Waals surface area contributed by atoms with Gasteiger partial charge in [-0.3, -0.25) is 9.79 Å². The van der Waals surface area contributed by atoms with Gasteiger partial charge in [-0.25, -0.2) is 12.8 Å². The summed E-state index contributed by atoms with van der Waals surface area (Å²) in [5.74, 6) is -0.746. The quantitative estimate of drug-likeness (QED) is 0.641. The van der Waals surface area contributed by atoms with E-state index in [4.69, 9.17) is 0 Å². The third-order valence-corrected chi connectivity index (χ3v) is 8.44. The maximum Gasteiger partial charge on any atom is 0.234 e. The fraction of sp³-hybridized carbons (Fsp3) is 0.333. The number of fused-ring (bicyclic) bond motifs is 1. The lowest BCUT2D eigenvalue weighted by Gasteiger charge is -2.26. The molecule has 2 aliphatic heterocycles. The standard InChI is InChI=1S/C21H21BrFN3O3S2/c1-2-13-5-3-4-6-16(13)24-20(27)10-30-21-25-17-11-31(28,29)12-19(17)26(21)18-8-7-14(22)9-15(18)23/h3-9,17,19H,2,10-12H2,1H3,(H,24,27)/t17-,19-/m0/s1. The predicted molar refractivity (Wildman–Crippen MR) is 127 cm³/mol. The van der Waals surface area contributed by atoms with E-state index >= 15 is 0 Å². The van der Waals surface area contributed by atoms with Gasteiger partial charge in [-0.1, -0.05) is 52.8 Å². The van der Waals surface area contributed by atoms with Crippen LogP contribution >= 0.6 is 27.7 Å². The number of hydrogen-bond acceptors (Lipinski definition) is 6. The number of benzene rings is 2. The number of nitrogens with zero attached hydrogens (tertiary/aromatic N) is 2. The molecule has 2 aromatic rings. The van der Waals surface area contributed by atoms with Crippen LogP contribution in [0.4, 0.5) is 15.8 Å². The molecule has 0 aliphatic carbocycles. The van der Waals surface area contributed by atoms with Gasteiger partial charge in [0.1, 0.15) is 5.82 Å². The van der Waals surface area contributed by atoms with Crippen molar-refractivity contribution in [3.05, 3.63) is 58.3 Å². The van der Waals surface area contributed by atoms with Crippen LogP contribution in [0, 0.1) is 5.82 Å². The summed E-state index contributed by atoms with van der Waals surface area (Å²) >= 11 is 4.43. The van der Waals surface area contributed by atoms with Crippen molar-refractivity contribution in [1.82, 2.24) is 0 Å². The van der Waals surface area contributed by atoms with Crippen LogP contribution in [0.1, 0.15) is 12.5 Å². The maximum absolute atomic E-state index is 14.7. The first-order valence-corrected chi connectivity index (χ1v) is 13.4. The minimum atomic E-state index is -3.24. The second-order valence-corrected chi connectivity index (χ2v) is 11.4. The third kappa shape index (κ3) is 4.80. The number of amides is 1. The van der Waals surface area contributed by atoms with Crippen molar-refractivity contribution in [2.24, 2.45) is 4.99 Å². The second-order valence-electron chi connectivity index (χ2n) is 7.44. The predicted octanol–water partition coefficient (Wildman–Crippen LogP) is 3.86. The van der Waals surface area contributed by atoms with Gasteiger partial charge in [-0.05, 0) is 36.2 Å². The summed E-state index contributed by atoms with van der Waals surface area (Å²) in [7, 11) is -3.24. The zero-order valence-electron chi connectivity index (χ0n) is 16.7. The van der Waals surface area contributed by atoms with E-state index in [1.165, 1.54) is 17.8 Å². The Balaban J connectivity index is 1.53. The van der Waals surface area contributed by atoms with Crippen LogP contribution < -0.4 is 10.2 Å². The van der Waals surface area contributed by atoms with Crippen molar-refractivity contribution in [2.75, 3.05) is 27.5 Å². The molecule has 0 unspecified atom stereocenters. The Hall–Kier alpha value is -1.91. The van der Waals surface area contributed by atoms with Crippen molar-refractivity contribution >= 4 is 60.0 Å². The Morgan fingerprint density at radius 1 is 1.29 bits per heavy atom. The summed E-state index contributed by atoms with van der Waals surface area (Å²) < 4.78 is 39.6. The Bertz CT molecular complexity index is 1160. The molecule has 10 heteroatoms. The minimum Gasteiger partial charge on any atom is -0.325 e. The topological polar surface area (TPSA) is 78.8 Å². The highest BCUT2D eigenvalue weighted by Crippen LogP contribution is 2.37. The zero-order chi connectivity index (χ0) is 22.2. The molecule has 6 nitrogen and oxygen atoms in total. The van der Waals surface area contributed by atoms with E-state index in [0.717, 1.165) is 17.7 Å². The molecule has 0 radical (unpaired) electrons. The minimum absolute atomic E-state index is 0.0631. The van der Waals surface area contributed by atoms with Gasteiger partial charge in [0.15, 0.2) is 15.0 Å². The van der Waals surface area contributed by atoms with Gasteiger partial charge in [0.05, 0.1) is 35.0 Å². The molecule has 31 heavy (non-hydrogen) atoms. The number of sulfone groups is 1. The smallest absolute Gasteiger partial charge is 0.234 e. The van der Waals surface area contributed by atoms with Crippen LogP contribution in [0.3, 0.4) is 0 Å². The van der Waals surface area contributed by atoms with E-state index in [2.05, 4.69) is 26.2 Å². The molecule has 0 aromatic heterocycles. The summed E-state index contributed by atoms with van der Waals surface area (Å²) in [5.41, 5.74) is 2.07. The van der Waals surface area contributed by atoms with Gasteiger partial charge in [0.2, 0.25) is 5.91 Å². The number of thioether (sulfide) groups is 1. The summed E-state index contributed by atoms with van der Waals surface area (Å²) in [4.78, 5) is 18.7. The number of anilines is 2. The number of aliphatic imine (C=N–C) groups is 1. The molecular formula is C21H21BrFN3O3S2. The number of carbonyl (C=O) groups excluding carboxylic acids is 1. The lowest BCUT2D eigenvalue weighted by atomic mass is 10.1. The van der Waals surface area contributed by atoms with Gasteiger partial charge in [0, 0.05) is 10.2 Å². The number of hydrogen-bond donors (Lipinski definition) is 1. The van der Waals surface area contributed by atoms with Crippen molar-refractivity contribution in [3.63, 3.8) is 0 Å². The lowest BCUT2D eigenvalue weighted by Crippen LogP contribution is -2.40. The molecule has 4 rings (SSSR count). The highest BCUT2D eigenvalue weighted by Gasteiger charge is 2.47. The Morgan fingerprint density at radius 2 is 2.06 bits per heavy atom. The molecule has 1 amide bonds. The van der Waals surface area contributed by atoms with Crippen molar-refractivity contribution in [3.8, 4) is 0 Å². The number of rotatable bonds is 5. The molecule has 2 aliphatic rings. The summed E-state index contributed by atoms with van der Waals surface area (Å²) in [6.07, 6.45) is 0.796. The zero-order valence-corrected chi connectivity index (χ0v) is 19.9. The number of aryl methyl sites for hydroxylation is 1. The molecule has 1 N–H and O–H groups in total. The third-order valence-electron chi connectivity index (χ3n) is 5.28. The SMILES string of the molecule is CCc1ccccc1NC(=O)CSC1=N[C@H]2CS(=O)(=O)C[C@@H]2N1c1ccc(Br)cc1F. The van der Waals surface area contributed by atoms with E-state index in [1.54, 1.807) is 17.0 Å². The van der Waals surface area contributed by atoms with Crippen LogP contribution in [-0.4, -0.2) is 48.8 Å². The van der Waals surface area contributed by atoms with E-state index in [0.29, 0.717) is 9.64 Å². The Morgan fingerprint density at radius 3 is 2.81 bits per heavy atom. The molecule has 0 saturated carbocycles. The van der Waals surface area contributed by atoms with Gasteiger partial charge in [-0.2, -0.15) is 0 Å². The van der Waals surface area contributed by atoms with Crippen molar-refractivity contribution < 1.29 is 17.6 Å². The van der Waals surface area contributed by atoms with Crippen LogP contribution in [0.25, 0.3) is 0 Å². The Kier molecular flexibility index (Phi) is 6.41. The number of amidine groups is 1. The van der Waals surface area contributed by atoms with Gasteiger partial charge in [0.25, 0.3) is 0 Å². The molecule has 1 saturated heterocycles. The summed E-state index contributed by atoms with van der Waals surface area (Å²) in [6.45, 7) is 2.02. The van der Waals surface area contributed by atoms with E-state index < -0.39 is 27.7 Å². The Labute approximate surface area is 193 Å². The average Bonchev–Trinajstić information content (AvgIpc) is 3.18. The van der Waals surface area contributed by atoms with Crippen LogP contribution in [0.15, 0.2) is 51.9 Å². The molecule has 0 spiro atoms. The molecule has 164 valence electrons. The van der Waals surface area contributed by atoms with Crippen molar-refractivity contribution in [2.45, 2.75) is 25.4 Å². The number of para-hydroxylation sites is 1. The normalized spacial score (nSPS) is 21.6. The first kappa shape index (κ1) is 22.3. The van der Waals surface area contributed by atoms with Gasteiger partial charge in [-0.15, -0.1) is 0 Å². The number of carbonyl (C=O) groups is 1. The summed E-state index contributed by atoms with van der Waals surface area (Å²) in [5, 5.41) is 3.38. The highest BCUT2D eigenvalue weighted by molar-refractivity contribution is 9.10. The first-order valence-electron chi connectivity index (χ1n) is 9.80. The average molecular weight is 526 g/mol. The monoisotopic (exact) mass is 525 g/mol. The molecule has 2 aromatic carbocycles. The van der Waals surface area contributed by atoms with Gasteiger partial charge >= 0.3 is 0 Å².